The molecule has 0 aromatic carbocycles. The smallest absolute Gasteiger partial charge is 0.268 e. The molecule has 0 aliphatic heterocycles. The second kappa shape index (κ2) is 5.44. The number of aryl methyl sites for hydroxylation is 1. The van der Waals surface area contributed by atoms with Crippen LogP contribution in [0.1, 0.15) is 14.5 Å². The molecule has 1 amide bonds. The van der Waals surface area contributed by atoms with Crippen LogP contribution >= 0.6 is 11.3 Å². The molecule has 6 nitrogen and oxygen atoms in total. The summed E-state index contributed by atoms with van der Waals surface area (Å²) in [6.07, 6.45) is 1.36. The quantitative estimate of drug-likeness (QED) is 0.771. The summed E-state index contributed by atoms with van der Waals surface area (Å²) < 4.78 is 1.47. The van der Waals surface area contributed by atoms with Gasteiger partial charge in [0.15, 0.2) is 0 Å². The number of nitrogens with one attached hydrogen (secondary N) is 1. The van der Waals surface area contributed by atoms with Gasteiger partial charge in [-0.1, -0.05) is 11.8 Å². The van der Waals surface area contributed by atoms with Gasteiger partial charge in [0, 0.05) is 7.05 Å². The minimum Gasteiger partial charge on any atom is -0.384 e. The van der Waals surface area contributed by atoms with Crippen LogP contribution < -0.4 is 5.32 Å². The SMILES string of the molecule is Cn1ncnc1NC(=O)c1ccc(C#CCO)s1. The number of hydrogen-bond donors (Lipinski definition) is 2. The van der Waals surface area contributed by atoms with Crippen molar-refractivity contribution in [2.75, 3.05) is 11.9 Å². The number of thiophene rings is 1. The Morgan fingerprint density at radius 1 is 1.61 bits per heavy atom. The molecule has 2 N–H and O–H groups in total. The third-order valence-electron chi connectivity index (χ3n) is 2.06. The van der Waals surface area contributed by atoms with Crippen molar-refractivity contribution in [3.63, 3.8) is 0 Å². The van der Waals surface area contributed by atoms with Gasteiger partial charge in [-0.2, -0.15) is 10.1 Å². The van der Waals surface area contributed by atoms with E-state index in [4.69, 9.17) is 5.11 Å². The van der Waals surface area contributed by atoms with E-state index in [1.165, 1.54) is 22.3 Å². The lowest BCUT2D eigenvalue weighted by Crippen LogP contribution is -2.13. The molecule has 0 aliphatic carbocycles. The van der Waals surface area contributed by atoms with Gasteiger partial charge in [0.05, 0.1) is 9.75 Å². The molecule has 7 heteroatoms. The minimum absolute atomic E-state index is 0.196. The van der Waals surface area contributed by atoms with E-state index >= 15 is 0 Å². The van der Waals surface area contributed by atoms with Crippen molar-refractivity contribution in [2.24, 2.45) is 7.05 Å². The summed E-state index contributed by atoms with van der Waals surface area (Å²) in [7, 11) is 1.69. The number of aliphatic hydroxyl groups is 1. The van der Waals surface area contributed by atoms with Crippen LogP contribution in [0, 0.1) is 11.8 Å². The number of nitrogens with zero attached hydrogens (tertiary/aromatic N) is 3. The first-order valence-electron chi connectivity index (χ1n) is 5.05. The maximum atomic E-state index is 11.9. The zero-order valence-corrected chi connectivity index (χ0v) is 10.4. The van der Waals surface area contributed by atoms with E-state index in [2.05, 4.69) is 27.2 Å². The number of aliphatic hydroxyl groups excluding tert-OH is 1. The molecule has 2 rings (SSSR count). The fourth-order valence-electron chi connectivity index (χ4n) is 1.23. The molecule has 0 unspecified atom stereocenters. The Bertz CT molecular complexity index is 620. The average Bonchev–Trinajstić information content (AvgIpc) is 2.97. The zero-order valence-electron chi connectivity index (χ0n) is 9.54. The van der Waals surface area contributed by atoms with Crippen molar-refractivity contribution in [3.05, 3.63) is 28.2 Å². The first kappa shape index (κ1) is 12.3. The summed E-state index contributed by atoms with van der Waals surface area (Å²) in [6.45, 7) is -0.196. The summed E-state index contributed by atoms with van der Waals surface area (Å²) in [4.78, 5) is 17.0. The van der Waals surface area contributed by atoms with Gasteiger partial charge in [0.2, 0.25) is 5.95 Å². The number of carbonyl (C=O) groups excluding carboxylic acids is 1. The summed E-state index contributed by atoms with van der Waals surface area (Å²) >= 11 is 1.25. The van der Waals surface area contributed by atoms with Crippen molar-refractivity contribution in [2.45, 2.75) is 0 Å². The molecule has 0 saturated heterocycles. The maximum absolute atomic E-state index is 11.9. The number of hydrogen-bond acceptors (Lipinski definition) is 5. The van der Waals surface area contributed by atoms with E-state index in [0.29, 0.717) is 10.8 Å². The molecule has 2 aromatic rings. The Kier molecular flexibility index (Phi) is 3.72. The Hall–Kier alpha value is -2.17. The Balaban J connectivity index is 2.10. The van der Waals surface area contributed by atoms with Gasteiger partial charge in [-0.3, -0.25) is 10.1 Å². The molecule has 0 bridgehead atoms. The first-order chi connectivity index (χ1) is 8.70. The molecule has 0 aliphatic rings. The zero-order chi connectivity index (χ0) is 13.0. The van der Waals surface area contributed by atoms with Gasteiger partial charge in [-0.15, -0.1) is 11.3 Å². The highest BCUT2D eigenvalue weighted by molar-refractivity contribution is 7.14. The molecule has 18 heavy (non-hydrogen) atoms. The molecular formula is C11H10N4O2S. The fraction of sp³-hybridized carbons (Fsp3) is 0.182. The van der Waals surface area contributed by atoms with Crippen LogP contribution in [0.5, 0.6) is 0 Å². The minimum atomic E-state index is -0.256. The van der Waals surface area contributed by atoms with E-state index in [0.717, 1.165) is 4.88 Å². The van der Waals surface area contributed by atoms with E-state index < -0.39 is 0 Å². The Labute approximate surface area is 107 Å². The van der Waals surface area contributed by atoms with Crippen LogP contribution in [0.3, 0.4) is 0 Å². The normalized spacial score (nSPS) is 9.67. The van der Waals surface area contributed by atoms with Crippen molar-refractivity contribution in [1.29, 1.82) is 0 Å². The average molecular weight is 262 g/mol. The number of rotatable bonds is 2. The number of amides is 1. The van der Waals surface area contributed by atoms with Crippen LogP contribution in [0.4, 0.5) is 5.95 Å². The van der Waals surface area contributed by atoms with E-state index in [1.807, 2.05) is 0 Å². The lowest BCUT2D eigenvalue weighted by Gasteiger charge is -2.00. The predicted octanol–water partition coefficient (Wildman–Crippen LogP) is 0.473. The van der Waals surface area contributed by atoms with Gasteiger partial charge < -0.3 is 5.11 Å². The first-order valence-corrected chi connectivity index (χ1v) is 5.87. The van der Waals surface area contributed by atoms with E-state index in [9.17, 15) is 4.79 Å². The molecule has 0 spiro atoms. The van der Waals surface area contributed by atoms with Crippen LogP contribution in [-0.2, 0) is 7.05 Å². The second-order valence-electron chi connectivity index (χ2n) is 3.29. The van der Waals surface area contributed by atoms with Crippen molar-refractivity contribution in [1.82, 2.24) is 14.8 Å². The highest BCUT2D eigenvalue weighted by atomic mass is 32.1. The van der Waals surface area contributed by atoms with Crippen LogP contribution in [0.25, 0.3) is 0 Å². The number of aromatic nitrogens is 3. The highest BCUT2D eigenvalue weighted by Crippen LogP contribution is 2.16. The monoisotopic (exact) mass is 262 g/mol. The Morgan fingerprint density at radius 2 is 2.44 bits per heavy atom. The van der Waals surface area contributed by atoms with Gasteiger partial charge in [0.1, 0.15) is 12.9 Å². The third-order valence-corrected chi connectivity index (χ3v) is 3.06. The number of anilines is 1. The molecule has 2 heterocycles. The molecule has 92 valence electrons. The summed E-state index contributed by atoms with van der Waals surface area (Å²) in [5.74, 6) is 5.40. The van der Waals surface area contributed by atoms with Crippen LogP contribution in [0.2, 0.25) is 0 Å². The van der Waals surface area contributed by atoms with E-state index in [1.54, 1.807) is 19.2 Å². The fourth-order valence-corrected chi connectivity index (χ4v) is 2.00. The standard InChI is InChI=1S/C11H10N4O2S/c1-15-11(12-7-13-15)14-10(17)9-5-4-8(18-9)3-2-6-16/h4-5,7,16H,6H2,1H3,(H,12,13,14,17). The van der Waals surface area contributed by atoms with Crippen molar-refractivity contribution < 1.29 is 9.90 Å². The van der Waals surface area contributed by atoms with E-state index in [-0.39, 0.29) is 12.5 Å². The maximum Gasteiger partial charge on any atom is 0.268 e. The molecule has 0 atom stereocenters. The lowest BCUT2D eigenvalue weighted by molar-refractivity contribution is 0.102. The molecule has 2 aromatic heterocycles. The molecule has 0 radical (unpaired) electrons. The largest absolute Gasteiger partial charge is 0.384 e. The molecule has 0 saturated carbocycles. The molecular weight excluding hydrogens is 252 g/mol. The number of carbonyl (C=O) groups is 1. The third kappa shape index (κ3) is 2.74. The summed E-state index contributed by atoms with van der Waals surface area (Å²) in [5.41, 5.74) is 0. The van der Waals surface area contributed by atoms with Crippen molar-refractivity contribution >= 4 is 23.2 Å². The predicted molar refractivity (Wildman–Crippen MR) is 67.2 cm³/mol. The van der Waals surface area contributed by atoms with Gasteiger partial charge >= 0.3 is 0 Å². The Morgan fingerprint density at radius 3 is 3.11 bits per heavy atom. The van der Waals surface area contributed by atoms with Gasteiger partial charge in [0.25, 0.3) is 5.91 Å². The van der Waals surface area contributed by atoms with Crippen LogP contribution in [-0.4, -0.2) is 32.4 Å². The molecule has 0 fully saturated rings. The topological polar surface area (TPSA) is 80.0 Å². The summed E-state index contributed by atoms with van der Waals surface area (Å²) in [6, 6.07) is 3.41. The highest BCUT2D eigenvalue weighted by Gasteiger charge is 2.11. The second-order valence-corrected chi connectivity index (χ2v) is 4.37. The van der Waals surface area contributed by atoms with Gasteiger partial charge in [-0.05, 0) is 12.1 Å². The van der Waals surface area contributed by atoms with Crippen molar-refractivity contribution in [3.8, 4) is 11.8 Å². The van der Waals surface area contributed by atoms with Crippen LogP contribution in [0.15, 0.2) is 18.5 Å². The lowest BCUT2D eigenvalue weighted by atomic mass is 10.4. The van der Waals surface area contributed by atoms with Gasteiger partial charge in [-0.25, -0.2) is 4.68 Å². The summed E-state index contributed by atoms with van der Waals surface area (Å²) in [5, 5.41) is 15.1.